The summed E-state index contributed by atoms with van der Waals surface area (Å²) in [4.78, 5) is 136. The smallest absolute Gasteiger partial charge is 0.408 e. The number of alkyl halides is 1. The van der Waals surface area contributed by atoms with Crippen molar-refractivity contribution in [1.82, 2.24) is 40.9 Å². The first-order valence-electron chi connectivity index (χ1n) is 39.1. The van der Waals surface area contributed by atoms with Crippen molar-refractivity contribution in [1.29, 1.82) is 0 Å². The summed E-state index contributed by atoms with van der Waals surface area (Å²) in [6.45, 7) is 38.3. The van der Waals surface area contributed by atoms with Crippen molar-refractivity contribution in [3.8, 4) is 0 Å². The van der Waals surface area contributed by atoms with Crippen LogP contribution in [0.3, 0.4) is 0 Å². The molecule has 0 aromatic heterocycles. The summed E-state index contributed by atoms with van der Waals surface area (Å²) in [6.07, 6.45) is -2.36. The first-order valence-corrected chi connectivity index (χ1v) is 42.6. The number of nitrogens with one attached hydrogen (secondary N) is 4. The molecule has 4 bridgehead atoms. The number of ketones is 4. The molecule has 4 aliphatic rings. The van der Waals surface area contributed by atoms with Gasteiger partial charge in [0.2, 0.25) is 0 Å². The second kappa shape index (κ2) is 60.2. The predicted octanol–water partition coefficient (Wildman–Crippen LogP) is 13.5. The van der Waals surface area contributed by atoms with E-state index in [9.17, 15) is 52.7 Å². The van der Waals surface area contributed by atoms with E-state index in [4.69, 9.17) is 60.0 Å². The van der Waals surface area contributed by atoms with E-state index < -0.39 is 58.7 Å². The molecule has 0 radical (unpaired) electrons. The summed E-state index contributed by atoms with van der Waals surface area (Å²) in [5.74, 6) is -1.58. The van der Waals surface area contributed by atoms with E-state index >= 15 is 0 Å². The average Bonchev–Trinajstić information content (AvgIpc) is 0.789. The second-order valence-electron chi connectivity index (χ2n) is 30.3. The lowest BCUT2D eigenvalue weighted by molar-refractivity contribution is -0.194. The zero-order valence-corrected chi connectivity index (χ0v) is 79.9. The zero-order valence-electron chi connectivity index (χ0n) is 73.5. The second-order valence-corrected chi connectivity index (χ2v) is 33.6. The summed E-state index contributed by atoms with van der Waals surface area (Å²) < 4.78 is 37.8. The fourth-order valence-corrected chi connectivity index (χ4v) is 11.0. The third kappa shape index (κ3) is 51.1. The van der Waals surface area contributed by atoms with Crippen LogP contribution in [0, 0.1) is 0 Å². The number of benzene rings is 6. The number of hydrogen-bond acceptors (Lipinski definition) is 28. The number of amides is 4. The topological polar surface area (TPSA) is 470 Å². The van der Waals surface area contributed by atoms with Crippen LogP contribution < -0.4 is 32.7 Å². The largest absolute Gasteiger partial charge is 0.462 e. The summed E-state index contributed by atoms with van der Waals surface area (Å²) >= 11 is 13.0. The highest BCUT2D eigenvalue weighted by Gasteiger charge is 2.36. The van der Waals surface area contributed by atoms with E-state index in [0.717, 1.165) is 24.5 Å². The molecule has 13 N–H and O–H groups in total. The number of rotatable bonds is 22. The zero-order chi connectivity index (χ0) is 93.2. The maximum atomic E-state index is 11.9. The van der Waals surface area contributed by atoms with Crippen molar-refractivity contribution in [2.75, 3.05) is 111 Å². The monoisotopic (exact) mass is 1990 g/mol. The molecule has 4 fully saturated rings. The van der Waals surface area contributed by atoms with Crippen LogP contribution in [-0.2, 0) is 33.2 Å². The van der Waals surface area contributed by atoms with Gasteiger partial charge in [0.05, 0.1) is 108 Å². The lowest BCUT2D eigenvalue weighted by Crippen LogP contribution is -2.71. The van der Waals surface area contributed by atoms with Gasteiger partial charge in [-0.15, -0.1) is 0 Å². The van der Waals surface area contributed by atoms with Crippen molar-refractivity contribution >= 4 is 135 Å². The number of aliphatic hydroxyl groups is 2. The molecule has 4 amide bonds. The van der Waals surface area contributed by atoms with Gasteiger partial charge in [-0.2, -0.15) is 0 Å². The lowest BCUT2D eigenvalue weighted by atomic mass is 10.1. The standard InChI is InChI=1S/C16H22N2O5.C16H24N2O4.C16H21NO5.C13H16BrNO3.C8H6Br2O.C8H8BrNO.C6H12N4.2C2H6O.H2O/c1-5-22-14(19)12-8-6-11(7-9-12)13(18-21)10-17-15(20)23-16(2,3)4;1-5-21-14(19)12-8-6-11(7-9-12)13(17)10-18-15(20)22-16(2,3)4;1-5-21-14(19)12-8-6-11(7-9-12)13(18)10-17-15(20)22-16(2,3)4;1-13(2,3)18-12(17)15-8-11(16)9-4-6-10(14)7-5-9;9-5-8(11)6-1-3-7(10)4-2-6;9-7-3-1-6(2-4-7)8(11)5-10;1-7-2-9-4-8(1)5-10(3-7)6-9;2*1-2-3;/h6-9,21H,5,10H2,1-4H3,(H,17,20);6-9,13H,5,10,17H2,1-4H3,(H,18,20);6-9H,5,10H2,1-4H3,(H,17,20);4-7H,8H2,1-3H3,(H,15,17);1-4H,5H2;1-4H,5,10H2;1-6H2;2*3H,2H2,1H3;1H2/b18-13+;;;;;;;;;. The number of hydrogen-bond donors (Lipinski definition) is 9. The van der Waals surface area contributed by atoms with Crippen LogP contribution in [0.1, 0.15) is 207 Å². The van der Waals surface area contributed by atoms with Crippen molar-refractivity contribution in [2.24, 2.45) is 16.6 Å². The number of carbonyl (C=O) groups is 11. The van der Waals surface area contributed by atoms with Crippen molar-refractivity contribution in [3.63, 3.8) is 0 Å². The molecule has 4 aliphatic heterocycles. The van der Waals surface area contributed by atoms with Crippen LogP contribution in [-0.4, -0.2) is 245 Å². The van der Waals surface area contributed by atoms with Gasteiger partial charge in [0.1, 0.15) is 28.1 Å². The van der Waals surface area contributed by atoms with E-state index in [1.54, 1.807) is 215 Å². The Morgan fingerprint density at radius 3 is 0.879 bits per heavy atom. The van der Waals surface area contributed by atoms with Gasteiger partial charge < -0.3 is 86.8 Å². The van der Waals surface area contributed by atoms with Crippen LogP contribution in [0.2, 0.25) is 0 Å². The Kier molecular flexibility index (Phi) is 55.6. The normalized spacial score (nSPS) is 14.5. The number of alkyl carbamates (subject to hydrolysis) is 4. The van der Waals surface area contributed by atoms with E-state index in [1.807, 2.05) is 24.3 Å². The number of carbonyl (C=O) groups excluding carboxylic acids is 11. The van der Waals surface area contributed by atoms with Crippen molar-refractivity contribution in [3.05, 3.63) is 209 Å². The number of aliphatic hydroxyl groups excluding tert-OH is 2. The quantitative estimate of drug-likeness (QED) is 0.00580. The van der Waals surface area contributed by atoms with E-state index in [0.29, 0.717) is 64.1 Å². The number of nitrogens with zero attached hydrogens (tertiary/aromatic N) is 5. The summed E-state index contributed by atoms with van der Waals surface area (Å²) in [5.41, 5.74) is 14.1. The maximum Gasteiger partial charge on any atom is 0.408 e. The molecular weight excluding hydrogens is 1870 g/mol. The molecular formula is C87H123Br4N11O22. The maximum absolute atomic E-state index is 11.9. The number of nitrogens with two attached hydrogens (primary N) is 2. The van der Waals surface area contributed by atoms with Crippen LogP contribution in [0.5, 0.6) is 0 Å². The molecule has 0 spiro atoms. The summed E-state index contributed by atoms with van der Waals surface area (Å²) in [6, 6.07) is 40.2. The van der Waals surface area contributed by atoms with E-state index in [1.165, 1.54) is 64.3 Å². The molecule has 6 aromatic rings. The molecule has 1 unspecified atom stereocenters. The number of Topliss-reactive ketones (excluding diaryl/α,β-unsaturated/α-hetero) is 4. The SMILES string of the molecule is C1N2CN3CN1CN(C2)C3.CC(C)(C)OC(=O)NCC(=O)c1ccc(Br)cc1.CCO.CCO.CCOC(=O)c1ccc(/C(CNC(=O)OC(C)(C)C)=N/O)cc1.CCOC(=O)c1ccc(C(=O)CNC(=O)OC(C)(C)C)cc1.CCOC(=O)c1ccc(C(N)CNC(=O)OC(C)(C)C)cc1.NCC(=O)c1ccc(Br)cc1.O.O=C(CBr)c1ccc(Br)cc1. The Hall–Kier alpha value is -9.48. The molecule has 4 heterocycles. The number of oxime groups is 1. The minimum absolute atomic E-state index is 0. The first kappa shape index (κ1) is 115. The highest BCUT2D eigenvalue weighted by atomic mass is 79.9. The highest BCUT2D eigenvalue weighted by molar-refractivity contribution is 9.11. The van der Waals surface area contributed by atoms with Gasteiger partial charge >= 0.3 is 42.3 Å². The molecule has 10 rings (SSSR count). The van der Waals surface area contributed by atoms with Gasteiger partial charge in [0.15, 0.2) is 23.1 Å². The van der Waals surface area contributed by atoms with Crippen molar-refractivity contribution < 1.29 is 107 Å². The van der Waals surface area contributed by atoms with Gasteiger partial charge in [-0.3, -0.25) is 38.8 Å². The van der Waals surface area contributed by atoms with Crippen LogP contribution in [0.15, 0.2) is 164 Å². The van der Waals surface area contributed by atoms with E-state index in [-0.39, 0.29) is 92.3 Å². The fraction of sp³-hybridized carbons (Fsp3) is 0.448. The molecule has 1 atom stereocenters. The molecule has 0 aliphatic carbocycles. The van der Waals surface area contributed by atoms with Crippen LogP contribution >= 0.6 is 63.7 Å². The first-order chi connectivity index (χ1) is 57.7. The van der Waals surface area contributed by atoms with Gasteiger partial charge in [-0.05, 0) is 196 Å². The molecule has 33 nitrogen and oxygen atoms in total. The van der Waals surface area contributed by atoms with Gasteiger partial charge in [-0.1, -0.05) is 142 Å². The minimum Gasteiger partial charge on any atom is -0.462 e. The van der Waals surface area contributed by atoms with E-state index in [2.05, 4.69) is 110 Å². The Balaban J connectivity index is 0.00000143. The molecule has 686 valence electrons. The fourth-order valence-electron chi connectivity index (χ4n) is 9.86. The Labute approximate surface area is 760 Å². The summed E-state index contributed by atoms with van der Waals surface area (Å²) in [7, 11) is 0. The third-order valence-electron chi connectivity index (χ3n) is 14.9. The molecule has 124 heavy (non-hydrogen) atoms. The molecule has 4 saturated heterocycles. The van der Waals surface area contributed by atoms with Crippen molar-refractivity contribution in [2.45, 2.75) is 146 Å². The van der Waals surface area contributed by atoms with Gasteiger partial charge in [-0.25, -0.2) is 33.6 Å². The molecule has 0 saturated carbocycles. The third-order valence-corrected chi connectivity index (χ3v) is 17.0. The lowest BCUT2D eigenvalue weighted by Gasteiger charge is -2.56. The number of ether oxygens (including phenoxy) is 7. The average molecular weight is 1990 g/mol. The predicted molar refractivity (Wildman–Crippen MR) is 488 cm³/mol. The Bertz CT molecular complexity index is 4140. The Morgan fingerprint density at radius 2 is 0.621 bits per heavy atom. The molecule has 37 heteroatoms. The Morgan fingerprint density at radius 1 is 0.387 bits per heavy atom. The summed E-state index contributed by atoms with van der Waals surface area (Å²) in [5, 5.41) is 37.7. The van der Waals surface area contributed by atoms with Crippen LogP contribution in [0.4, 0.5) is 19.2 Å². The van der Waals surface area contributed by atoms with Gasteiger partial charge in [0.25, 0.3) is 0 Å². The van der Waals surface area contributed by atoms with Crippen LogP contribution in [0.25, 0.3) is 0 Å². The number of halogens is 4. The highest BCUT2D eigenvalue weighted by Crippen LogP contribution is 2.22. The minimum atomic E-state index is -0.649. The van der Waals surface area contributed by atoms with Gasteiger partial charge in [0, 0.05) is 67.0 Å². The molecule has 6 aromatic carbocycles. The number of esters is 3.